The van der Waals surface area contributed by atoms with Gasteiger partial charge in [-0.2, -0.15) is 0 Å². The van der Waals surface area contributed by atoms with Crippen molar-refractivity contribution in [2.24, 2.45) is 0 Å². The van der Waals surface area contributed by atoms with E-state index in [1.165, 1.54) is 0 Å². The third kappa shape index (κ3) is 5.00. The van der Waals surface area contributed by atoms with Crippen LogP contribution in [0.2, 0.25) is 0 Å². The molecule has 2 aromatic carbocycles. The molecule has 0 radical (unpaired) electrons. The largest absolute Gasteiger partial charge is 0.497 e. The van der Waals surface area contributed by atoms with Gasteiger partial charge in [-0.1, -0.05) is 12.1 Å². The standard InChI is InChI=1S/C19H24N2O3S/c1-5-24-18-9-7-6-8-16(18)21-19(25)20-13(2)15-12-14(22-3)10-11-17(15)23-4/h6-13H,5H2,1-4H3,(H2,20,21,25). The van der Waals surface area contributed by atoms with Crippen LogP contribution in [0.15, 0.2) is 42.5 Å². The van der Waals surface area contributed by atoms with Crippen LogP contribution in [-0.4, -0.2) is 25.9 Å². The highest BCUT2D eigenvalue weighted by Gasteiger charge is 2.14. The van der Waals surface area contributed by atoms with Crippen molar-refractivity contribution in [2.45, 2.75) is 19.9 Å². The van der Waals surface area contributed by atoms with E-state index in [1.54, 1.807) is 14.2 Å². The summed E-state index contributed by atoms with van der Waals surface area (Å²) in [6.45, 7) is 4.56. The number of nitrogens with one attached hydrogen (secondary N) is 2. The van der Waals surface area contributed by atoms with Crippen LogP contribution < -0.4 is 24.8 Å². The zero-order valence-corrected chi connectivity index (χ0v) is 15.8. The van der Waals surface area contributed by atoms with E-state index >= 15 is 0 Å². The molecule has 2 aromatic rings. The summed E-state index contributed by atoms with van der Waals surface area (Å²) in [5, 5.41) is 6.96. The Morgan fingerprint density at radius 1 is 1.08 bits per heavy atom. The molecule has 25 heavy (non-hydrogen) atoms. The van der Waals surface area contributed by atoms with E-state index < -0.39 is 0 Å². The Labute approximate surface area is 154 Å². The molecule has 2 rings (SSSR count). The van der Waals surface area contributed by atoms with Crippen molar-refractivity contribution < 1.29 is 14.2 Å². The molecule has 0 bridgehead atoms. The monoisotopic (exact) mass is 360 g/mol. The lowest BCUT2D eigenvalue weighted by atomic mass is 10.1. The molecule has 0 heterocycles. The number of hydrogen-bond donors (Lipinski definition) is 2. The number of rotatable bonds is 7. The Kier molecular flexibility index (Phi) is 6.89. The summed E-state index contributed by atoms with van der Waals surface area (Å²) in [6.07, 6.45) is 0. The van der Waals surface area contributed by atoms with Crippen LogP contribution >= 0.6 is 12.2 Å². The zero-order chi connectivity index (χ0) is 18.2. The van der Waals surface area contributed by atoms with Gasteiger partial charge in [-0.3, -0.25) is 0 Å². The first-order valence-electron chi connectivity index (χ1n) is 8.10. The minimum absolute atomic E-state index is 0.0655. The van der Waals surface area contributed by atoms with Gasteiger partial charge in [-0.05, 0) is 56.4 Å². The van der Waals surface area contributed by atoms with E-state index in [4.69, 9.17) is 26.4 Å². The smallest absolute Gasteiger partial charge is 0.171 e. The van der Waals surface area contributed by atoms with Crippen molar-refractivity contribution in [1.82, 2.24) is 5.32 Å². The maximum atomic E-state index is 5.61. The van der Waals surface area contributed by atoms with Crippen LogP contribution in [0.1, 0.15) is 25.5 Å². The van der Waals surface area contributed by atoms with Gasteiger partial charge < -0.3 is 24.8 Å². The van der Waals surface area contributed by atoms with Gasteiger partial charge in [0.2, 0.25) is 0 Å². The normalized spacial score (nSPS) is 11.4. The Morgan fingerprint density at radius 3 is 2.52 bits per heavy atom. The molecule has 6 heteroatoms. The molecular weight excluding hydrogens is 336 g/mol. The lowest BCUT2D eigenvalue weighted by Gasteiger charge is -2.21. The minimum atomic E-state index is -0.0655. The van der Waals surface area contributed by atoms with E-state index in [0.29, 0.717) is 11.7 Å². The topological polar surface area (TPSA) is 51.8 Å². The first-order valence-corrected chi connectivity index (χ1v) is 8.51. The van der Waals surface area contributed by atoms with E-state index in [-0.39, 0.29) is 6.04 Å². The van der Waals surface area contributed by atoms with E-state index in [9.17, 15) is 0 Å². The average molecular weight is 360 g/mol. The Hall–Kier alpha value is -2.47. The number of hydrogen-bond acceptors (Lipinski definition) is 4. The molecule has 0 saturated carbocycles. The predicted molar refractivity (Wildman–Crippen MR) is 105 cm³/mol. The molecule has 1 atom stereocenters. The molecule has 0 spiro atoms. The lowest BCUT2D eigenvalue weighted by Crippen LogP contribution is -2.31. The highest BCUT2D eigenvalue weighted by molar-refractivity contribution is 7.80. The van der Waals surface area contributed by atoms with Crippen molar-refractivity contribution in [3.8, 4) is 17.2 Å². The van der Waals surface area contributed by atoms with Crippen LogP contribution in [0.3, 0.4) is 0 Å². The zero-order valence-electron chi connectivity index (χ0n) is 15.0. The second-order valence-electron chi connectivity index (χ2n) is 5.36. The molecule has 0 saturated heterocycles. The third-order valence-electron chi connectivity index (χ3n) is 3.69. The summed E-state index contributed by atoms with van der Waals surface area (Å²) in [6, 6.07) is 13.3. The summed E-state index contributed by atoms with van der Waals surface area (Å²) in [7, 11) is 3.29. The number of para-hydroxylation sites is 2. The molecule has 0 aromatic heterocycles. The van der Waals surface area contributed by atoms with Gasteiger partial charge in [-0.15, -0.1) is 0 Å². The van der Waals surface area contributed by atoms with Crippen molar-refractivity contribution in [1.29, 1.82) is 0 Å². The van der Waals surface area contributed by atoms with Crippen molar-refractivity contribution >= 4 is 23.0 Å². The van der Waals surface area contributed by atoms with Crippen LogP contribution in [-0.2, 0) is 0 Å². The highest BCUT2D eigenvalue weighted by atomic mass is 32.1. The molecule has 0 aliphatic carbocycles. The van der Waals surface area contributed by atoms with Crippen molar-refractivity contribution in [3.63, 3.8) is 0 Å². The Bertz CT molecular complexity index is 722. The summed E-state index contributed by atoms with van der Waals surface area (Å²) in [5.74, 6) is 2.31. The molecule has 2 N–H and O–H groups in total. The lowest BCUT2D eigenvalue weighted by molar-refractivity contribution is 0.342. The number of benzene rings is 2. The number of methoxy groups -OCH3 is 2. The molecule has 0 aliphatic rings. The maximum Gasteiger partial charge on any atom is 0.171 e. The first-order chi connectivity index (χ1) is 12.1. The number of ether oxygens (including phenoxy) is 3. The predicted octanol–water partition coefficient (Wildman–Crippen LogP) is 4.15. The highest BCUT2D eigenvalue weighted by Crippen LogP contribution is 2.29. The van der Waals surface area contributed by atoms with Crippen LogP contribution in [0.4, 0.5) is 5.69 Å². The van der Waals surface area contributed by atoms with Gasteiger partial charge >= 0.3 is 0 Å². The van der Waals surface area contributed by atoms with Gasteiger partial charge in [0.1, 0.15) is 17.2 Å². The summed E-state index contributed by atoms with van der Waals surface area (Å²) in [5.41, 5.74) is 1.79. The molecule has 0 amide bonds. The van der Waals surface area contributed by atoms with Crippen molar-refractivity contribution in [3.05, 3.63) is 48.0 Å². The second kappa shape index (κ2) is 9.13. The molecule has 5 nitrogen and oxygen atoms in total. The van der Waals surface area contributed by atoms with Gasteiger partial charge in [0, 0.05) is 5.56 Å². The molecule has 0 aliphatic heterocycles. The average Bonchev–Trinajstić information content (AvgIpc) is 2.62. The molecule has 0 fully saturated rings. The number of anilines is 1. The molecule has 134 valence electrons. The van der Waals surface area contributed by atoms with Gasteiger partial charge in [0.25, 0.3) is 0 Å². The SMILES string of the molecule is CCOc1ccccc1NC(=S)NC(C)c1cc(OC)ccc1OC. The summed E-state index contributed by atoms with van der Waals surface area (Å²) < 4.78 is 16.3. The Morgan fingerprint density at radius 2 is 1.84 bits per heavy atom. The quantitative estimate of drug-likeness (QED) is 0.724. The fourth-order valence-electron chi connectivity index (χ4n) is 2.46. The van der Waals surface area contributed by atoms with E-state index in [2.05, 4.69) is 10.6 Å². The van der Waals surface area contributed by atoms with Gasteiger partial charge in [-0.25, -0.2) is 0 Å². The van der Waals surface area contributed by atoms with Crippen LogP contribution in [0.25, 0.3) is 0 Å². The molecular formula is C19H24N2O3S. The summed E-state index contributed by atoms with van der Waals surface area (Å²) in [4.78, 5) is 0. The minimum Gasteiger partial charge on any atom is -0.497 e. The van der Waals surface area contributed by atoms with Gasteiger partial charge in [0.05, 0.1) is 32.6 Å². The Balaban J connectivity index is 2.10. The first kappa shape index (κ1) is 18.9. The van der Waals surface area contributed by atoms with E-state index in [1.807, 2.05) is 56.3 Å². The fourth-order valence-corrected chi connectivity index (χ4v) is 2.75. The fraction of sp³-hybridized carbons (Fsp3) is 0.316. The second-order valence-corrected chi connectivity index (χ2v) is 5.77. The molecule has 1 unspecified atom stereocenters. The van der Waals surface area contributed by atoms with E-state index in [0.717, 1.165) is 28.5 Å². The van der Waals surface area contributed by atoms with Crippen LogP contribution in [0, 0.1) is 0 Å². The summed E-state index contributed by atoms with van der Waals surface area (Å²) >= 11 is 5.45. The van der Waals surface area contributed by atoms with Crippen LogP contribution in [0.5, 0.6) is 17.2 Å². The number of thiocarbonyl (C=S) groups is 1. The maximum absolute atomic E-state index is 5.61. The van der Waals surface area contributed by atoms with Gasteiger partial charge in [0.15, 0.2) is 5.11 Å². The van der Waals surface area contributed by atoms with Crippen molar-refractivity contribution in [2.75, 3.05) is 26.1 Å². The third-order valence-corrected chi connectivity index (χ3v) is 3.91.